The van der Waals surface area contributed by atoms with Gasteiger partial charge in [-0.2, -0.15) is 0 Å². The Bertz CT molecular complexity index is 404. The van der Waals surface area contributed by atoms with Crippen molar-refractivity contribution in [1.29, 1.82) is 0 Å². The molecule has 1 rings (SSSR count). The summed E-state index contributed by atoms with van der Waals surface area (Å²) < 4.78 is 0. The minimum absolute atomic E-state index is 0.0882. The number of rotatable bonds is 9. The lowest BCUT2D eigenvalue weighted by Gasteiger charge is -2.12. The Morgan fingerprint density at radius 3 is 2.50 bits per heavy atom. The molecule has 1 aromatic carbocycles. The van der Waals surface area contributed by atoms with Crippen molar-refractivity contribution in [2.24, 2.45) is 0 Å². The van der Waals surface area contributed by atoms with E-state index in [1.54, 1.807) is 0 Å². The molecule has 20 heavy (non-hydrogen) atoms. The van der Waals surface area contributed by atoms with E-state index < -0.39 is 0 Å². The minimum atomic E-state index is -0.0967. The molecule has 0 saturated carbocycles. The van der Waals surface area contributed by atoms with Gasteiger partial charge in [0.05, 0.1) is 5.38 Å². The van der Waals surface area contributed by atoms with Crippen LogP contribution in [0.1, 0.15) is 69.7 Å². The second-order valence-electron chi connectivity index (χ2n) is 5.27. The van der Waals surface area contributed by atoms with E-state index in [4.69, 9.17) is 11.6 Å². The first kappa shape index (κ1) is 17.0. The van der Waals surface area contributed by atoms with E-state index in [0.29, 0.717) is 6.42 Å². The number of anilines is 1. The van der Waals surface area contributed by atoms with Crippen LogP contribution in [0.25, 0.3) is 0 Å². The van der Waals surface area contributed by atoms with Crippen molar-refractivity contribution >= 4 is 23.2 Å². The fourth-order valence-corrected chi connectivity index (χ4v) is 2.43. The highest BCUT2D eigenvalue weighted by molar-refractivity contribution is 6.21. The van der Waals surface area contributed by atoms with Gasteiger partial charge in [-0.05, 0) is 25.0 Å². The number of para-hydroxylation sites is 1. The SMILES string of the molecule is CCCCCCCCC(=O)Nc1ccccc1C(C)Cl. The fourth-order valence-electron chi connectivity index (χ4n) is 2.24. The van der Waals surface area contributed by atoms with Crippen molar-refractivity contribution in [2.75, 3.05) is 5.32 Å². The molecule has 2 nitrogen and oxygen atoms in total. The van der Waals surface area contributed by atoms with E-state index >= 15 is 0 Å². The number of carbonyl (C=O) groups is 1. The lowest BCUT2D eigenvalue weighted by molar-refractivity contribution is -0.116. The van der Waals surface area contributed by atoms with Crippen molar-refractivity contribution in [3.05, 3.63) is 29.8 Å². The van der Waals surface area contributed by atoms with Crippen molar-refractivity contribution in [2.45, 2.75) is 64.2 Å². The van der Waals surface area contributed by atoms with Crippen molar-refractivity contribution < 1.29 is 4.79 Å². The number of carbonyl (C=O) groups excluding carboxylic acids is 1. The van der Waals surface area contributed by atoms with Crippen LogP contribution in [0.15, 0.2) is 24.3 Å². The summed E-state index contributed by atoms with van der Waals surface area (Å²) >= 11 is 6.12. The first-order valence-electron chi connectivity index (χ1n) is 7.68. The summed E-state index contributed by atoms with van der Waals surface area (Å²) in [5.74, 6) is 0.0882. The van der Waals surface area contributed by atoms with Gasteiger partial charge in [0.2, 0.25) is 5.91 Å². The fraction of sp³-hybridized carbons (Fsp3) is 0.588. The molecular weight excluding hydrogens is 270 g/mol. The monoisotopic (exact) mass is 295 g/mol. The Labute approximate surface area is 127 Å². The third-order valence-electron chi connectivity index (χ3n) is 3.42. The largest absolute Gasteiger partial charge is 0.326 e. The minimum Gasteiger partial charge on any atom is -0.326 e. The van der Waals surface area contributed by atoms with E-state index in [-0.39, 0.29) is 11.3 Å². The molecule has 0 aliphatic rings. The molecule has 3 heteroatoms. The Balaban J connectivity index is 2.32. The summed E-state index contributed by atoms with van der Waals surface area (Å²) in [7, 11) is 0. The van der Waals surface area contributed by atoms with Gasteiger partial charge >= 0.3 is 0 Å². The molecule has 1 aromatic rings. The molecule has 0 bridgehead atoms. The predicted molar refractivity (Wildman–Crippen MR) is 87.3 cm³/mol. The van der Waals surface area contributed by atoms with Crippen LogP contribution in [0, 0.1) is 0 Å². The molecule has 0 spiro atoms. The molecule has 1 amide bonds. The van der Waals surface area contributed by atoms with E-state index in [2.05, 4.69) is 12.2 Å². The second-order valence-corrected chi connectivity index (χ2v) is 5.92. The number of halogens is 1. The molecule has 0 saturated heterocycles. The summed E-state index contributed by atoms with van der Waals surface area (Å²) in [4.78, 5) is 11.9. The van der Waals surface area contributed by atoms with Crippen molar-refractivity contribution in [3.63, 3.8) is 0 Å². The summed E-state index contributed by atoms with van der Waals surface area (Å²) in [6.45, 7) is 4.13. The number of hydrogen-bond acceptors (Lipinski definition) is 1. The van der Waals surface area contributed by atoms with Crippen LogP contribution in [-0.4, -0.2) is 5.91 Å². The quantitative estimate of drug-likeness (QED) is 0.461. The topological polar surface area (TPSA) is 29.1 Å². The average Bonchev–Trinajstić information content (AvgIpc) is 2.43. The number of unbranched alkanes of at least 4 members (excludes halogenated alkanes) is 5. The van der Waals surface area contributed by atoms with Gasteiger partial charge in [0.15, 0.2) is 0 Å². The van der Waals surface area contributed by atoms with Gasteiger partial charge in [0.25, 0.3) is 0 Å². The first-order valence-corrected chi connectivity index (χ1v) is 8.11. The van der Waals surface area contributed by atoms with Gasteiger partial charge in [-0.25, -0.2) is 0 Å². The highest BCUT2D eigenvalue weighted by Gasteiger charge is 2.09. The first-order chi connectivity index (χ1) is 9.65. The van der Waals surface area contributed by atoms with E-state index in [1.807, 2.05) is 31.2 Å². The van der Waals surface area contributed by atoms with Crippen LogP contribution in [-0.2, 0) is 4.79 Å². The van der Waals surface area contributed by atoms with Gasteiger partial charge in [-0.3, -0.25) is 4.79 Å². The van der Waals surface area contributed by atoms with Gasteiger partial charge in [0.1, 0.15) is 0 Å². The normalized spacial score (nSPS) is 12.2. The van der Waals surface area contributed by atoms with E-state index in [1.165, 1.54) is 25.7 Å². The van der Waals surface area contributed by atoms with Gasteiger partial charge < -0.3 is 5.32 Å². The molecule has 1 unspecified atom stereocenters. The number of alkyl halides is 1. The molecular formula is C17H26ClNO. The van der Waals surface area contributed by atoms with E-state index in [0.717, 1.165) is 24.1 Å². The van der Waals surface area contributed by atoms with Crippen LogP contribution in [0.3, 0.4) is 0 Å². The van der Waals surface area contributed by atoms with Gasteiger partial charge in [0, 0.05) is 12.1 Å². The molecule has 0 aromatic heterocycles. The zero-order valence-corrected chi connectivity index (χ0v) is 13.4. The Hall–Kier alpha value is -1.02. The van der Waals surface area contributed by atoms with Crippen molar-refractivity contribution in [1.82, 2.24) is 0 Å². The Morgan fingerprint density at radius 2 is 1.80 bits per heavy atom. The number of amides is 1. The van der Waals surface area contributed by atoms with Crippen LogP contribution in [0.2, 0.25) is 0 Å². The summed E-state index contributed by atoms with van der Waals surface area (Å²) in [6, 6.07) is 7.73. The summed E-state index contributed by atoms with van der Waals surface area (Å²) in [5, 5.41) is 2.87. The molecule has 0 radical (unpaired) electrons. The maximum Gasteiger partial charge on any atom is 0.224 e. The van der Waals surface area contributed by atoms with Gasteiger partial charge in [-0.15, -0.1) is 11.6 Å². The lowest BCUT2D eigenvalue weighted by atomic mass is 10.1. The third-order valence-corrected chi connectivity index (χ3v) is 3.66. The molecule has 112 valence electrons. The average molecular weight is 296 g/mol. The Kier molecular flexibility index (Phi) is 8.36. The highest BCUT2D eigenvalue weighted by Crippen LogP contribution is 2.27. The number of nitrogens with one attached hydrogen (secondary N) is 1. The molecule has 0 aliphatic carbocycles. The van der Waals surface area contributed by atoms with Crippen molar-refractivity contribution in [3.8, 4) is 0 Å². The van der Waals surface area contributed by atoms with Crippen LogP contribution in [0.4, 0.5) is 5.69 Å². The van der Waals surface area contributed by atoms with Gasteiger partial charge in [-0.1, -0.05) is 57.2 Å². The standard InChI is InChI=1S/C17H26ClNO/c1-3-4-5-6-7-8-13-17(20)19-16-12-10-9-11-15(16)14(2)18/h9-12,14H,3-8,13H2,1-2H3,(H,19,20). The third kappa shape index (κ3) is 6.42. The summed E-state index contributed by atoms with van der Waals surface area (Å²) in [6.07, 6.45) is 7.77. The number of hydrogen-bond donors (Lipinski definition) is 1. The predicted octanol–water partition coefficient (Wildman–Crippen LogP) is 5.68. The summed E-state index contributed by atoms with van der Waals surface area (Å²) in [5.41, 5.74) is 1.82. The van der Waals surface area contributed by atoms with Crippen LogP contribution >= 0.6 is 11.6 Å². The molecule has 1 N–H and O–H groups in total. The zero-order valence-electron chi connectivity index (χ0n) is 12.6. The highest BCUT2D eigenvalue weighted by atomic mass is 35.5. The molecule has 0 aliphatic heterocycles. The lowest BCUT2D eigenvalue weighted by Crippen LogP contribution is -2.12. The van der Waals surface area contributed by atoms with Crippen LogP contribution in [0.5, 0.6) is 0 Å². The smallest absolute Gasteiger partial charge is 0.224 e. The zero-order chi connectivity index (χ0) is 14.8. The van der Waals surface area contributed by atoms with Crippen LogP contribution < -0.4 is 5.32 Å². The maximum atomic E-state index is 11.9. The molecule has 0 heterocycles. The maximum absolute atomic E-state index is 11.9. The second kappa shape index (κ2) is 9.82. The Morgan fingerprint density at radius 1 is 1.15 bits per heavy atom. The van der Waals surface area contributed by atoms with E-state index in [9.17, 15) is 4.79 Å². The number of benzene rings is 1. The molecule has 1 atom stereocenters. The molecule has 0 fully saturated rings.